The van der Waals surface area contributed by atoms with E-state index in [-0.39, 0.29) is 5.38 Å². The molecule has 1 heterocycles. The van der Waals surface area contributed by atoms with Crippen LogP contribution in [0.3, 0.4) is 0 Å². The van der Waals surface area contributed by atoms with Crippen LogP contribution in [0.15, 0.2) is 53.9 Å². The lowest BCUT2D eigenvalue weighted by molar-refractivity contribution is 1.17. The van der Waals surface area contributed by atoms with Gasteiger partial charge < -0.3 is 0 Å². The maximum atomic E-state index is 6.63. The number of hydrogen-bond donors (Lipinski definition) is 0. The second-order valence-corrected chi connectivity index (χ2v) is 7.36. The summed E-state index contributed by atoms with van der Waals surface area (Å²) in [4.78, 5) is 0. The molecule has 0 bridgehead atoms. The van der Waals surface area contributed by atoms with Gasteiger partial charge in [-0.3, -0.25) is 0 Å². The Bertz CT molecular complexity index is 684. The third-order valence-electron chi connectivity index (χ3n) is 2.98. The summed E-state index contributed by atoms with van der Waals surface area (Å²) < 4.78 is 1.27. The monoisotopic (exact) mass is 384 g/mol. The van der Waals surface area contributed by atoms with Crippen LogP contribution < -0.4 is 0 Å². The summed E-state index contributed by atoms with van der Waals surface area (Å²) in [6.45, 7) is 0. The van der Waals surface area contributed by atoms with Crippen LogP contribution in [0.1, 0.15) is 16.5 Å². The van der Waals surface area contributed by atoms with Crippen molar-refractivity contribution in [3.05, 3.63) is 67.9 Å². The zero-order chi connectivity index (χ0) is 12.5. The van der Waals surface area contributed by atoms with Crippen molar-refractivity contribution in [1.82, 2.24) is 0 Å². The number of rotatable bonds is 2. The molecule has 3 aromatic rings. The van der Waals surface area contributed by atoms with E-state index >= 15 is 0 Å². The largest absolute Gasteiger partial charge is 0.137 e. The molecule has 0 aliphatic carbocycles. The summed E-state index contributed by atoms with van der Waals surface area (Å²) in [6.07, 6.45) is 0. The van der Waals surface area contributed by atoms with Gasteiger partial charge in [-0.1, -0.05) is 42.5 Å². The van der Waals surface area contributed by atoms with Crippen molar-refractivity contribution >= 4 is 56.3 Å². The number of hydrogen-bond acceptors (Lipinski definition) is 1. The van der Waals surface area contributed by atoms with E-state index in [2.05, 4.69) is 76.5 Å². The molecule has 0 nitrogen and oxygen atoms in total. The van der Waals surface area contributed by atoms with Crippen LogP contribution in [-0.4, -0.2) is 0 Å². The Morgan fingerprint density at radius 1 is 1.06 bits per heavy atom. The van der Waals surface area contributed by atoms with E-state index in [1.165, 1.54) is 24.8 Å². The van der Waals surface area contributed by atoms with E-state index < -0.39 is 0 Å². The second kappa shape index (κ2) is 5.19. The highest BCUT2D eigenvalue weighted by molar-refractivity contribution is 14.1. The first-order chi connectivity index (χ1) is 8.75. The molecular formula is C15H10ClIS. The molecule has 18 heavy (non-hydrogen) atoms. The SMILES string of the molecule is ClC(c1csc(I)c1)c1cccc2ccccc12. The predicted molar refractivity (Wildman–Crippen MR) is 88.7 cm³/mol. The van der Waals surface area contributed by atoms with Crippen molar-refractivity contribution in [2.45, 2.75) is 5.38 Å². The molecule has 0 spiro atoms. The minimum atomic E-state index is -0.0733. The first kappa shape index (κ1) is 12.5. The fourth-order valence-corrected chi connectivity index (χ4v) is 3.90. The predicted octanol–water partition coefficient (Wildman–Crippen LogP) is 5.83. The fraction of sp³-hybridized carbons (Fsp3) is 0.0667. The fourth-order valence-electron chi connectivity index (χ4n) is 2.11. The number of alkyl halides is 1. The van der Waals surface area contributed by atoms with Crippen molar-refractivity contribution in [2.24, 2.45) is 0 Å². The summed E-state index contributed by atoms with van der Waals surface area (Å²) in [6, 6.07) is 16.9. The Morgan fingerprint density at radius 3 is 2.61 bits per heavy atom. The topological polar surface area (TPSA) is 0 Å². The summed E-state index contributed by atoms with van der Waals surface area (Å²) in [5.41, 5.74) is 2.37. The standard InChI is InChI=1S/C15H10ClIS/c16-15(11-8-14(17)18-9-11)13-7-3-5-10-4-1-2-6-12(10)13/h1-9,15H. The van der Waals surface area contributed by atoms with Gasteiger partial charge in [0.05, 0.1) is 8.26 Å². The molecule has 0 saturated heterocycles. The summed E-state index contributed by atoms with van der Waals surface area (Å²) in [5, 5.41) is 4.55. The van der Waals surface area contributed by atoms with Gasteiger partial charge >= 0.3 is 0 Å². The lowest BCUT2D eigenvalue weighted by Crippen LogP contribution is -1.92. The highest BCUT2D eigenvalue weighted by Crippen LogP contribution is 2.35. The Hall–Kier alpha value is -0.580. The van der Waals surface area contributed by atoms with Crippen molar-refractivity contribution in [3.8, 4) is 0 Å². The summed E-state index contributed by atoms with van der Waals surface area (Å²) in [5.74, 6) is 0. The molecule has 3 rings (SSSR count). The second-order valence-electron chi connectivity index (χ2n) is 4.12. The van der Waals surface area contributed by atoms with Crippen molar-refractivity contribution in [3.63, 3.8) is 0 Å². The minimum absolute atomic E-state index is 0.0733. The molecule has 3 heteroatoms. The average molecular weight is 385 g/mol. The Kier molecular flexibility index (Phi) is 3.59. The minimum Gasteiger partial charge on any atom is -0.137 e. The molecule has 2 aromatic carbocycles. The lowest BCUT2D eigenvalue weighted by Gasteiger charge is -2.11. The molecule has 1 unspecified atom stereocenters. The first-order valence-electron chi connectivity index (χ1n) is 5.61. The highest BCUT2D eigenvalue weighted by atomic mass is 127. The van der Waals surface area contributed by atoms with Crippen LogP contribution in [0.2, 0.25) is 0 Å². The molecule has 0 N–H and O–H groups in total. The van der Waals surface area contributed by atoms with E-state index in [1.807, 2.05) is 0 Å². The van der Waals surface area contributed by atoms with E-state index in [4.69, 9.17) is 11.6 Å². The van der Waals surface area contributed by atoms with E-state index in [1.54, 1.807) is 11.3 Å². The molecular weight excluding hydrogens is 375 g/mol. The van der Waals surface area contributed by atoms with E-state index in [0.717, 1.165) is 0 Å². The molecule has 0 radical (unpaired) electrons. The molecule has 90 valence electrons. The number of fused-ring (bicyclic) bond motifs is 1. The van der Waals surface area contributed by atoms with Crippen molar-refractivity contribution in [1.29, 1.82) is 0 Å². The number of halogens is 2. The zero-order valence-electron chi connectivity index (χ0n) is 9.44. The third kappa shape index (κ3) is 2.29. The van der Waals surface area contributed by atoms with Crippen LogP contribution in [-0.2, 0) is 0 Å². The van der Waals surface area contributed by atoms with Crippen LogP contribution in [0.25, 0.3) is 10.8 Å². The maximum absolute atomic E-state index is 6.63. The average Bonchev–Trinajstić information content (AvgIpc) is 2.84. The van der Waals surface area contributed by atoms with Crippen molar-refractivity contribution in [2.75, 3.05) is 0 Å². The van der Waals surface area contributed by atoms with Gasteiger partial charge in [-0.05, 0) is 55.9 Å². The summed E-state index contributed by atoms with van der Waals surface area (Å²) in [7, 11) is 0. The molecule has 1 atom stereocenters. The molecule has 0 fully saturated rings. The molecule has 0 aliphatic rings. The van der Waals surface area contributed by atoms with Gasteiger partial charge in [0.25, 0.3) is 0 Å². The zero-order valence-corrected chi connectivity index (χ0v) is 13.2. The lowest BCUT2D eigenvalue weighted by atomic mass is 9.99. The van der Waals surface area contributed by atoms with Crippen molar-refractivity contribution < 1.29 is 0 Å². The van der Waals surface area contributed by atoms with Gasteiger partial charge in [0, 0.05) is 0 Å². The Balaban J connectivity index is 2.14. The van der Waals surface area contributed by atoms with E-state index in [9.17, 15) is 0 Å². The van der Waals surface area contributed by atoms with Crippen LogP contribution >= 0.6 is 45.5 Å². The van der Waals surface area contributed by atoms with Gasteiger partial charge in [0.15, 0.2) is 0 Å². The Labute approximate surface area is 129 Å². The van der Waals surface area contributed by atoms with E-state index in [0.29, 0.717) is 0 Å². The van der Waals surface area contributed by atoms with Crippen LogP contribution in [0, 0.1) is 2.88 Å². The quantitative estimate of drug-likeness (QED) is 0.385. The highest BCUT2D eigenvalue weighted by Gasteiger charge is 2.14. The molecule has 0 saturated carbocycles. The van der Waals surface area contributed by atoms with Crippen LogP contribution in [0.4, 0.5) is 0 Å². The molecule has 0 aliphatic heterocycles. The maximum Gasteiger partial charge on any atom is 0.0849 e. The van der Waals surface area contributed by atoms with Gasteiger partial charge in [-0.15, -0.1) is 22.9 Å². The van der Waals surface area contributed by atoms with Crippen LogP contribution in [0.5, 0.6) is 0 Å². The summed E-state index contributed by atoms with van der Waals surface area (Å²) >= 11 is 10.7. The third-order valence-corrected chi connectivity index (χ3v) is 5.27. The van der Waals surface area contributed by atoms with Gasteiger partial charge in [-0.25, -0.2) is 0 Å². The van der Waals surface area contributed by atoms with Gasteiger partial charge in [0.2, 0.25) is 0 Å². The smallest absolute Gasteiger partial charge is 0.0849 e. The number of benzene rings is 2. The number of thiophene rings is 1. The van der Waals surface area contributed by atoms with Gasteiger partial charge in [0.1, 0.15) is 0 Å². The first-order valence-corrected chi connectivity index (χ1v) is 8.01. The molecule has 1 aromatic heterocycles. The normalized spacial score (nSPS) is 12.8. The molecule has 0 amide bonds. The Morgan fingerprint density at radius 2 is 1.83 bits per heavy atom. The van der Waals surface area contributed by atoms with Gasteiger partial charge in [-0.2, -0.15) is 0 Å².